The molecule has 0 spiro atoms. The average Bonchev–Trinajstić information content (AvgIpc) is 2.53. The minimum absolute atomic E-state index is 0.00483. The Morgan fingerprint density at radius 1 is 1.12 bits per heavy atom. The van der Waals surface area contributed by atoms with Crippen LogP contribution in [0.5, 0.6) is 0 Å². The van der Waals surface area contributed by atoms with E-state index in [0.29, 0.717) is 31.2 Å². The van der Waals surface area contributed by atoms with Crippen LogP contribution >= 0.6 is 0 Å². The lowest BCUT2D eigenvalue weighted by molar-refractivity contribution is -0.133. The third-order valence-electron chi connectivity index (χ3n) is 4.50. The molecule has 0 radical (unpaired) electrons. The lowest BCUT2D eigenvalue weighted by Gasteiger charge is -2.20. The lowest BCUT2D eigenvalue weighted by Crippen LogP contribution is -2.35. The van der Waals surface area contributed by atoms with E-state index in [2.05, 4.69) is 0 Å². The lowest BCUT2D eigenvalue weighted by atomic mass is 9.80. The molecule has 1 aliphatic carbocycles. The van der Waals surface area contributed by atoms with E-state index in [1.807, 2.05) is 0 Å². The molecule has 0 bridgehead atoms. The molecule has 1 aromatic carbocycles. The van der Waals surface area contributed by atoms with Gasteiger partial charge in [-0.05, 0) is 49.9 Å². The maximum atomic E-state index is 12.8. The Morgan fingerprint density at radius 2 is 1.73 bits per heavy atom. The molecule has 0 aromatic heterocycles. The van der Waals surface area contributed by atoms with Crippen LogP contribution in [0.2, 0.25) is 0 Å². The van der Waals surface area contributed by atoms with Gasteiger partial charge < -0.3 is 4.79 Å². The molecule has 2 rings (SSSR count). The van der Waals surface area contributed by atoms with Crippen LogP contribution in [-0.2, 0) is 30.6 Å². The highest BCUT2D eigenvalue weighted by Crippen LogP contribution is 2.26. The smallest absolute Gasteiger partial charge is 0.181 e. The Hall–Kier alpha value is -2.15. The van der Waals surface area contributed by atoms with Crippen molar-refractivity contribution in [2.45, 2.75) is 50.3 Å². The second-order valence-electron chi connectivity index (χ2n) is 6.73. The molecule has 6 nitrogen and oxygen atoms in total. The molecule has 1 saturated carbocycles. The second kappa shape index (κ2) is 8.03. The van der Waals surface area contributed by atoms with Gasteiger partial charge in [0.05, 0.1) is 4.90 Å². The van der Waals surface area contributed by atoms with Crippen molar-refractivity contribution in [3.63, 3.8) is 0 Å². The van der Waals surface area contributed by atoms with Crippen LogP contribution in [-0.4, -0.2) is 37.8 Å². The van der Waals surface area contributed by atoms with E-state index in [-0.39, 0.29) is 40.7 Å². The van der Waals surface area contributed by atoms with Gasteiger partial charge in [-0.1, -0.05) is 0 Å². The largest absolute Gasteiger partial charge is 0.300 e. The highest BCUT2D eigenvalue weighted by Gasteiger charge is 2.37. The molecule has 0 atom stereocenters. The number of sulfone groups is 1. The Morgan fingerprint density at radius 3 is 2.27 bits per heavy atom. The number of carbonyl (C=O) groups is 4. The molecule has 0 unspecified atom stereocenters. The number of rotatable bonds is 7. The van der Waals surface area contributed by atoms with Crippen LogP contribution in [0.15, 0.2) is 23.1 Å². The fraction of sp³-hybridized carbons (Fsp3) is 0.474. The van der Waals surface area contributed by atoms with Gasteiger partial charge in [-0.25, -0.2) is 8.42 Å². The standard InChI is InChI=1S/C19H22O6S/c1-12(20)5-3-6-13-11-14(26(2,24)25)9-10-15(13)19(23)18-16(21)7-4-8-17(18)22/h9-11,18H,3-8H2,1-2H3. The molecule has 1 aromatic rings. The quantitative estimate of drug-likeness (QED) is 0.532. The SMILES string of the molecule is CC(=O)CCCc1cc(S(C)(=O)=O)ccc1C(=O)C1C(=O)CCCC1=O. The third kappa shape index (κ3) is 4.72. The molecule has 0 saturated heterocycles. The zero-order valence-electron chi connectivity index (χ0n) is 14.9. The zero-order valence-corrected chi connectivity index (χ0v) is 15.7. The number of hydrogen-bond acceptors (Lipinski definition) is 6. The Kier molecular flexibility index (Phi) is 6.23. The van der Waals surface area contributed by atoms with E-state index >= 15 is 0 Å². The molecule has 1 aliphatic rings. The first-order valence-corrected chi connectivity index (χ1v) is 10.4. The predicted octanol–water partition coefficient (Wildman–Crippen LogP) is 2.12. The van der Waals surface area contributed by atoms with E-state index in [1.165, 1.54) is 25.1 Å². The van der Waals surface area contributed by atoms with Gasteiger partial charge in [-0.2, -0.15) is 0 Å². The summed E-state index contributed by atoms with van der Waals surface area (Å²) in [5.41, 5.74) is 0.639. The summed E-state index contributed by atoms with van der Waals surface area (Å²) < 4.78 is 23.6. The number of aryl methyl sites for hydroxylation is 1. The summed E-state index contributed by atoms with van der Waals surface area (Å²) in [6.45, 7) is 1.46. The van der Waals surface area contributed by atoms with Gasteiger partial charge in [0.1, 0.15) is 11.7 Å². The molecule has 0 aliphatic heterocycles. The summed E-state index contributed by atoms with van der Waals surface area (Å²) in [5.74, 6) is -2.63. The Labute approximate surface area is 152 Å². The van der Waals surface area contributed by atoms with Crippen LogP contribution in [0.1, 0.15) is 54.9 Å². The van der Waals surface area contributed by atoms with Gasteiger partial charge in [-0.15, -0.1) is 0 Å². The molecule has 140 valence electrons. The fourth-order valence-electron chi connectivity index (χ4n) is 3.13. The number of benzene rings is 1. The van der Waals surface area contributed by atoms with E-state index in [4.69, 9.17) is 0 Å². The molecule has 0 heterocycles. The highest BCUT2D eigenvalue weighted by molar-refractivity contribution is 7.90. The monoisotopic (exact) mass is 378 g/mol. The average molecular weight is 378 g/mol. The minimum atomic E-state index is -3.47. The molecule has 7 heteroatoms. The van der Waals surface area contributed by atoms with Gasteiger partial charge in [0.25, 0.3) is 0 Å². The van der Waals surface area contributed by atoms with Crippen molar-refractivity contribution < 1.29 is 27.6 Å². The summed E-state index contributed by atoms with van der Waals surface area (Å²) in [7, 11) is -3.47. The van der Waals surface area contributed by atoms with Gasteiger partial charge in [0.2, 0.25) is 0 Å². The summed E-state index contributed by atoms with van der Waals surface area (Å²) in [5, 5.41) is 0. The van der Waals surface area contributed by atoms with Crippen LogP contribution in [0.4, 0.5) is 0 Å². The topological polar surface area (TPSA) is 102 Å². The first-order valence-electron chi connectivity index (χ1n) is 8.53. The summed E-state index contributed by atoms with van der Waals surface area (Å²) in [6.07, 6.45) is 3.00. The summed E-state index contributed by atoms with van der Waals surface area (Å²) >= 11 is 0. The molecule has 26 heavy (non-hydrogen) atoms. The fourth-order valence-corrected chi connectivity index (χ4v) is 3.80. The normalized spacial score (nSPS) is 15.9. The maximum absolute atomic E-state index is 12.8. The first kappa shape index (κ1) is 20.2. The molecular formula is C19H22O6S. The number of hydrogen-bond donors (Lipinski definition) is 0. The summed E-state index contributed by atoms with van der Waals surface area (Å²) in [4.78, 5) is 48.2. The number of ketones is 4. The second-order valence-corrected chi connectivity index (χ2v) is 8.75. The first-order chi connectivity index (χ1) is 12.1. The zero-order chi connectivity index (χ0) is 19.5. The van der Waals surface area contributed by atoms with E-state index < -0.39 is 21.5 Å². The summed E-state index contributed by atoms with van der Waals surface area (Å²) in [6, 6.07) is 4.09. The minimum Gasteiger partial charge on any atom is -0.300 e. The van der Waals surface area contributed by atoms with Gasteiger partial charge in [0, 0.05) is 31.1 Å². The van der Waals surface area contributed by atoms with Crippen LogP contribution < -0.4 is 0 Å². The van der Waals surface area contributed by atoms with Crippen LogP contribution in [0, 0.1) is 5.92 Å². The Bertz CT molecular complexity index is 850. The van der Waals surface area contributed by atoms with Gasteiger partial charge in [-0.3, -0.25) is 14.4 Å². The predicted molar refractivity (Wildman–Crippen MR) is 94.9 cm³/mol. The number of carbonyl (C=O) groups excluding carboxylic acids is 4. The van der Waals surface area contributed by atoms with Crippen LogP contribution in [0.3, 0.4) is 0 Å². The highest BCUT2D eigenvalue weighted by atomic mass is 32.2. The number of Topliss-reactive ketones (excluding diaryl/α,β-unsaturated/α-hetero) is 4. The third-order valence-corrected chi connectivity index (χ3v) is 5.61. The van der Waals surface area contributed by atoms with E-state index in [1.54, 1.807) is 0 Å². The van der Waals surface area contributed by atoms with Crippen molar-refractivity contribution in [2.75, 3.05) is 6.26 Å². The van der Waals surface area contributed by atoms with Crippen molar-refractivity contribution >= 4 is 33.0 Å². The molecule has 1 fully saturated rings. The van der Waals surface area contributed by atoms with Crippen molar-refractivity contribution in [1.82, 2.24) is 0 Å². The molecular weight excluding hydrogens is 356 g/mol. The van der Waals surface area contributed by atoms with Crippen molar-refractivity contribution in [3.8, 4) is 0 Å². The molecule has 0 N–H and O–H groups in total. The van der Waals surface area contributed by atoms with Crippen molar-refractivity contribution in [1.29, 1.82) is 0 Å². The Balaban J connectivity index is 2.41. The van der Waals surface area contributed by atoms with Gasteiger partial charge in [0.15, 0.2) is 27.2 Å². The van der Waals surface area contributed by atoms with Crippen molar-refractivity contribution in [2.24, 2.45) is 5.92 Å². The van der Waals surface area contributed by atoms with E-state index in [0.717, 1.165) is 6.26 Å². The van der Waals surface area contributed by atoms with Crippen LogP contribution in [0.25, 0.3) is 0 Å². The van der Waals surface area contributed by atoms with E-state index in [9.17, 15) is 27.6 Å². The van der Waals surface area contributed by atoms with Crippen molar-refractivity contribution in [3.05, 3.63) is 29.3 Å². The maximum Gasteiger partial charge on any atom is 0.181 e. The molecule has 0 amide bonds. The van der Waals surface area contributed by atoms with Gasteiger partial charge >= 0.3 is 0 Å².